The summed E-state index contributed by atoms with van der Waals surface area (Å²) in [7, 11) is 0. The van der Waals surface area contributed by atoms with E-state index in [0.717, 1.165) is 27.7 Å². The molecule has 178 valence electrons. The van der Waals surface area contributed by atoms with Crippen molar-refractivity contribution >= 4 is 34.8 Å². The zero-order valence-corrected chi connectivity index (χ0v) is 21.2. The third-order valence-corrected chi connectivity index (χ3v) is 7.10. The summed E-state index contributed by atoms with van der Waals surface area (Å²) in [4.78, 5) is 17.8. The van der Waals surface area contributed by atoms with Crippen molar-refractivity contribution in [3.8, 4) is 16.9 Å². The van der Waals surface area contributed by atoms with Crippen LogP contribution in [-0.2, 0) is 0 Å². The molecule has 1 fully saturated rings. The minimum Gasteiger partial charge on any atom is -0.367 e. The van der Waals surface area contributed by atoms with Gasteiger partial charge in [-0.3, -0.25) is 4.79 Å². The molecule has 4 aromatic rings. The quantitative estimate of drug-likeness (QED) is 0.321. The molecule has 0 bridgehead atoms. The SMILES string of the molecule is Cc1ccc(-c2cc(C(=O)N3CCN(c4ccccc4Cl)CC3)n(-c3cccc(Cl)c3)n2)cc1C. The summed E-state index contributed by atoms with van der Waals surface area (Å²) >= 11 is 12.7. The summed E-state index contributed by atoms with van der Waals surface area (Å²) in [5, 5.41) is 6.16. The highest BCUT2D eigenvalue weighted by atomic mass is 35.5. The molecule has 1 aliphatic heterocycles. The lowest BCUT2D eigenvalue weighted by atomic mass is 10.0. The van der Waals surface area contributed by atoms with Gasteiger partial charge in [0.25, 0.3) is 5.91 Å². The molecule has 3 aromatic carbocycles. The van der Waals surface area contributed by atoms with Crippen molar-refractivity contribution in [1.29, 1.82) is 0 Å². The number of para-hydroxylation sites is 1. The molecule has 5 nitrogen and oxygen atoms in total. The van der Waals surface area contributed by atoms with E-state index in [-0.39, 0.29) is 5.91 Å². The fraction of sp³-hybridized carbons (Fsp3) is 0.214. The van der Waals surface area contributed by atoms with Crippen LogP contribution in [0.25, 0.3) is 16.9 Å². The summed E-state index contributed by atoms with van der Waals surface area (Å²) in [5.41, 5.74) is 6.41. The number of amides is 1. The largest absolute Gasteiger partial charge is 0.367 e. The summed E-state index contributed by atoms with van der Waals surface area (Å²) in [6.07, 6.45) is 0. The van der Waals surface area contributed by atoms with E-state index in [9.17, 15) is 4.79 Å². The van der Waals surface area contributed by atoms with E-state index < -0.39 is 0 Å². The summed E-state index contributed by atoms with van der Waals surface area (Å²) in [6.45, 7) is 6.79. The molecule has 1 amide bonds. The number of piperazine rings is 1. The Bertz CT molecular complexity index is 1390. The predicted molar refractivity (Wildman–Crippen MR) is 143 cm³/mol. The maximum Gasteiger partial charge on any atom is 0.272 e. The Balaban J connectivity index is 1.46. The average molecular weight is 505 g/mol. The number of carbonyl (C=O) groups is 1. The van der Waals surface area contributed by atoms with Crippen molar-refractivity contribution in [1.82, 2.24) is 14.7 Å². The van der Waals surface area contributed by atoms with Crippen LogP contribution in [-0.4, -0.2) is 46.8 Å². The lowest BCUT2D eigenvalue weighted by Gasteiger charge is -2.36. The Morgan fingerprint density at radius 3 is 2.31 bits per heavy atom. The van der Waals surface area contributed by atoms with E-state index in [1.807, 2.05) is 65.6 Å². The van der Waals surface area contributed by atoms with Gasteiger partial charge in [0.2, 0.25) is 0 Å². The lowest BCUT2D eigenvalue weighted by molar-refractivity contribution is 0.0737. The van der Waals surface area contributed by atoms with Crippen molar-refractivity contribution in [3.05, 3.63) is 99.7 Å². The van der Waals surface area contributed by atoms with Crippen LogP contribution in [0.5, 0.6) is 0 Å². The number of halogens is 2. The van der Waals surface area contributed by atoms with Gasteiger partial charge in [0.15, 0.2) is 0 Å². The summed E-state index contributed by atoms with van der Waals surface area (Å²) in [5.74, 6) is -0.0497. The number of rotatable bonds is 4. The van der Waals surface area contributed by atoms with Gasteiger partial charge < -0.3 is 9.80 Å². The van der Waals surface area contributed by atoms with Crippen molar-refractivity contribution in [2.45, 2.75) is 13.8 Å². The Kier molecular flexibility index (Phi) is 6.54. The number of hydrogen-bond acceptors (Lipinski definition) is 3. The number of aromatic nitrogens is 2. The van der Waals surface area contributed by atoms with Crippen molar-refractivity contribution in [3.63, 3.8) is 0 Å². The minimum atomic E-state index is -0.0497. The third-order valence-electron chi connectivity index (χ3n) is 6.54. The molecule has 0 saturated carbocycles. The molecule has 0 atom stereocenters. The molecule has 7 heteroatoms. The average Bonchev–Trinajstić information content (AvgIpc) is 3.31. The second-order valence-electron chi connectivity index (χ2n) is 8.84. The summed E-state index contributed by atoms with van der Waals surface area (Å²) < 4.78 is 1.71. The lowest BCUT2D eigenvalue weighted by Crippen LogP contribution is -2.49. The van der Waals surface area contributed by atoms with Crippen molar-refractivity contribution in [2.24, 2.45) is 0 Å². The van der Waals surface area contributed by atoms with Crippen LogP contribution in [0.1, 0.15) is 21.6 Å². The van der Waals surface area contributed by atoms with Crippen LogP contribution in [0.4, 0.5) is 5.69 Å². The highest BCUT2D eigenvalue weighted by Crippen LogP contribution is 2.28. The van der Waals surface area contributed by atoms with Gasteiger partial charge in [-0.1, -0.05) is 53.5 Å². The second-order valence-corrected chi connectivity index (χ2v) is 9.68. The zero-order valence-electron chi connectivity index (χ0n) is 19.7. The van der Waals surface area contributed by atoms with Gasteiger partial charge in [-0.2, -0.15) is 5.10 Å². The first-order chi connectivity index (χ1) is 16.9. The standard InChI is InChI=1S/C28H26Cl2N4O/c1-19-10-11-21(16-20(19)2)25-18-27(34(31-25)23-7-5-6-22(29)17-23)28(35)33-14-12-32(13-15-33)26-9-4-3-8-24(26)30/h3-11,16-18H,12-15H2,1-2H3. The number of anilines is 1. The van der Waals surface area contributed by atoms with Crippen LogP contribution >= 0.6 is 23.2 Å². The molecule has 0 aliphatic carbocycles. The normalized spacial score (nSPS) is 13.8. The van der Waals surface area contributed by atoms with Crippen molar-refractivity contribution in [2.75, 3.05) is 31.1 Å². The van der Waals surface area contributed by atoms with E-state index in [2.05, 4.69) is 30.9 Å². The Morgan fingerprint density at radius 1 is 0.829 bits per heavy atom. The maximum atomic E-state index is 13.7. The number of hydrogen-bond donors (Lipinski definition) is 0. The van der Waals surface area contributed by atoms with E-state index in [4.69, 9.17) is 28.3 Å². The Hall–Kier alpha value is -3.28. The van der Waals surface area contributed by atoms with E-state index in [1.165, 1.54) is 11.1 Å². The number of carbonyl (C=O) groups excluding carboxylic acids is 1. The highest BCUT2D eigenvalue weighted by molar-refractivity contribution is 6.33. The Labute approximate surface area is 215 Å². The van der Waals surface area contributed by atoms with Crippen molar-refractivity contribution < 1.29 is 4.79 Å². The van der Waals surface area contributed by atoms with Gasteiger partial charge in [0.05, 0.1) is 22.1 Å². The number of aryl methyl sites for hydroxylation is 2. The first-order valence-corrected chi connectivity index (χ1v) is 12.4. The molecule has 0 spiro atoms. The molecule has 5 rings (SSSR count). The van der Waals surface area contributed by atoms with Crippen LogP contribution in [0.2, 0.25) is 10.0 Å². The van der Waals surface area contributed by atoms with Gasteiger partial charge in [0, 0.05) is 36.8 Å². The molecule has 35 heavy (non-hydrogen) atoms. The molecule has 2 heterocycles. The van der Waals surface area contributed by atoms with Crippen LogP contribution in [0, 0.1) is 13.8 Å². The van der Waals surface area contributed by atoms with Gasteiger partial charge in [-0.05, 0) is 67.4 Å². The van der Waals surface area contributed by atoms with Crippen LogP contribution < -0.4 is 4.90 Å². The fourth-order valence-electron chi connectivity index (χ4n) is 4.40. The first-order valence-electron chi connectivity index (χ1n) is 11.6. The molecule has 1 saturated heterocycles. The molecule has 1 aromatic heterocycles. The molecule has 0 N–H and O–H groups in total. The van der Waals surface area contributed by atoms with E-state index in [0.29, 0.717) is 36.9 Å². The molecule has 1 aliphatic rings. The molecular formula is C28H26Cl2N4O. The molecule has 0 radical (unpaired) electrons. The monoisotopic (exact) mass is 504 g/mol. The van der Waals surface area contributed by atoms with Crippen LogP contribution in [0.15, 0.2) is 72.8 Å². The predicted octanol–water partition coefficient (Wildman–Crippen LogP) is 6.43. The molecular weight excluding hydrogens is 479 g/mol. The zero-order chi connectivity index (χ0) is 24.5. The number of nitrogens with zero attached hydrogens (tertiary/aromatic N) is 4. The summed E-state index contributed by atoms with van der Waals surface area (Å²) in [6, 6.07) is 23.4. The van der Waals surface area contributed by atoms with Gasteiger partial charge >= 0.3 is 0 Å². The molecule has 0 unspecified atom stereocenters. The van der Waals surface area contributed by atoms with Gasteiger partial charge in [-0.15, -0.1) is 0 Å². The maximum absolute atomic E-state index is 13.7. The van der Waals surface area contributed by atoms with E-state index in [1.54, 1.807) is 4.68 Å². The van der Waals surface area contributed by atoms with Crippen LogP contribution in [0.3, 0.4) is 0 Å². The topological polar surface area (TPSA) is 41.4 Å². The fourth-order valence-corrected chi connectivity index (χ4v) is 4.84. The minimum absolute atomic E-state index is 0.0497. The van der Waals surface area contributed by atoms with E-state index >= 15 is 0 Å². The van der Waals surface area contributed by atoms with Gasteiger partial charge in [0.1, 0.15) is 5.69 Å². The Morgan fingerprint density at radius 2 is 1.60 bits per heavy atom. The first kappa shape index (κ1) is 23.5. The highest BCUT2D eigenvalue weighted by Gasteiger charge is 2.27. The smallest absolute Gasteiger partial charge is 0.272 e. The number of benzene rings is 3. The van der Waals surface area contributed by atoms with Gasteiger partial charge in [-0.25, -0.2) is 4.68 Å². The third kappa shape index (κ3) is 4.79. The second kappa shape index (κ2) is 9.76.